The van der Waals surface area contributed by atoms with Gasteiger partial charge in [0.25, 0.3) is 5.56 Å². The van der Waals surface area contributed by atoms with Gasteiger partial charge in [-0.1, -0.05) is 30.3 Å². The minimum absolute atomic E-state index is 0.0983. The normalized spacial score (nSPS) is 10.3. The third kappa shape index (κ3) is 3.95. The van der Waals surface area contributed by atoms with E-state index in [9.17, 15) is 9.59 Å². The third-order valence-corrected chi connectivity index (χ3v) is 3.28. The number of hydrogen-bond donors (Lipinski definition) is 2. The summed E-state index contributed by atoms with van der Waals surface area (Å²) in [6.45, 7) is 2.33. The number of nitrogens with two attached hydrogens (primary N) is 1. The fourth-order valence-electron chi connectivity index (χ4n) is 2.14. The number of amides is 1. The molecule has 0 radical (unpaired) electrons. The molecule has 0 unspecified atom stereocenters. The lowest BCUT2D eigenvalue weighted by Crippen LogP contribution is -2.31. The number of aromatic nitrogens is 1. The maximum Gasteiger partial charge on any atom is 0.274 e. The molecule has 0 atom stereocenters. The van der Waals surface area contributed by atoms with Crippen LogP contribution in [-0.2, 0) is 17.8 Å². The molecule has 0 fully saturated rings. The monoisotopic (exact) mass is 285 g/mol. The van der Waals surface area contributed by atoms with Gasteiger partial charge < -0.3 is 15.6 Å². The van der Waals surface area contributed by atoms with Crippen LogP contribution in [0.3, 0.4) is 0 Å². The van der Waals surface area contributed by atoms with E-state index in [4.69, 9.17) is 5.73 Å². The van der Waals surface area contributed by atoms with Crippen LogP contribution in [0, 0.1) is 6.92 Å². The van der Waals surface area contributed by atoms with Crippen LogP contribution >= 0.6 is 0 Å². The van der Waals surface area contributed by atoms with Crippen LogP contribution < -0.4 is 16.6 Å². The van der Waals surface area contributed by atoms with Gasteiger partial charge in [0.2, 0.25) is 5.91 Å². The molecule has 1 heterocycles. The summed E-state index contributed by atoms with van der Waals surface area (Å²) in [5, 5.41) is 3.12. The van der Waals surface area contributed by atoms with Gasteiger partial charge in [0, 0.05) is 12.2 Å². The van der Waals surface area contributed by atoms with Crippen molar-refractivity contribution in [3.63, 3.8) is 0 Å². The largest absolute Gasteiger partial charge is 0.380 e. The number of anilines is 1. The molecule has 3 N–H and O–H groups in total. The Hall–Kier alpha value is -2.56. The van der Waals surface area contributed by atoms with E-state index in [1.807, 2.05) is 30.3 Å². The van der Waals surface area contributed by atoms with E-state index in [1.54, 1.807) is 19.1 Å². The standard InChI is InChI=1S/C16H19N3O2/c1-12-7-8-14(16(21)19(12)11-15(17)20)18-10-9-13-5-3-2-4-6-13/h2-8,18H,9-11H2,1H3,(H2,17,20). The summed E-state index contributed by atoms with van der Waals surface area (Å²) in [5.74, 6) is -0.526. The molecule has 2 aromatic rings. The van der Waals surface area contributed by atoms with E-state index in [0.717, 1.165) is 6.42 Å². The van der Waals surface area contributed by atoms with Gasteiger partial charge in [-0.2, -0.15) is 0 Å². The number of pyridine rings is 1. The Morgan fingerprint density at radius 1 is 1.19 bits per heavy atom. The van der Waals surface area contributed by atoms with Gasteiger partial charge in [-0.3, -0.25) is 9.59 Å². The summed E-state index contributed by atoms with van der Waals surface area (Å²) in [6.07, 6.45) is 0.823. The molecule has 0 bridgehead atoms. The second-order valence-corrected chi connectivity index (χ2v) is 4.91. The summed E-state index contributed by atoms with van der Waals surface area (Å²) in [5.41, 5.74) is 7.35. The van der Waals surface area contributed by atoms with Crippen molar-refractivity contribution < 1.29 is 4.79 Å². The van der Waals surface area contributed by atoms with E-state index in [1.165, 1.54) is 10.1 Å². The predicted octanol–water partition coefficient (Wildman–Crippen LogP) is 1.30. The zero-order chi connectivity index (χ0) is 15.2. The molecular formula is C16H19N3O2. The predicted molar refractivity (Wildman–Crippen MR) is 83.3 cm³/mol. The second kappa shape index (κ2) is 6.74. The molecule has 1 aromatic heterocycles. The van der Waals surface area contributed by atoms with Crippen LogP contribution in [0.25, 0.3) is 0 Å². The molecular weight excluding hydrogens is 266 g/mol. The van der Waals surface area contributed by atoms with Crippen molar-refractivity contribution in [2.75, 3.05) is 11.9 Å². The molecule has 0 saturated heterocycles. The van der Waals surface area contributed by atoms with Gasteiger partial charge in [-0.05, 0) is 31.0 Å². The van der Waals surface area contributed by atoms with Crippen LogP contribution in [0.4, 0.5) is 5.69 Å². The molecule has 0 spiro atoms. The zero-order valence-electron chi connectivity index (χ0n) is 12.0. The Morgan fingerprint density at radius 2 is 1.90 bits per heavy atom. The lowest BCUT2D eigenvalue weighted by Gasteiger charge is -2.11. The smallest absolute Gasteiger partial charge is 0.274 e. The summed E-state index contributed by atoms with van der Waals surface area (Å²) in [6, 6.07) is 13.6. The van der Waals surface area contributed by atoms with Crippen LogP contribution in [0.15, 0.2) is 47.3 Å². The first-order valence-corrected chi connectivity index (χ1v) is 6.84. The second-order valence-electron chi connectivity index (χ2n) is 4.91. The third-order valence-electron chi connectivity index (χ3n) is 3.28. The number of hydrogen-bond acceptors (Lipinski definition) is 3. The van der Waals surface area contributed by atoms with E-state index in [2.05, 4.69) is 5.32 Å². The summed E-state index contributed by atoms with van der Waals surface area (Å²) >= 11 is 0. The Labute approximate surface area is 123 Å². The van der Waals surface area contributed by atoms with E-state index in [0.29, 0.717) is 17.9 Å². The minimum atomic E-state index is -0.526. The fraction of sp³-hybridized carbons (Fsp3) is 0.250. The van der Waals surface area contributed by atoms with Crippen molar-refractivity contribution in [2.24, 2.45) is 5.73 Å². The van der Waals surface area contributed by atoms with Crippen molar-refractivity contribution in [1.82, 2.24) is 4.57 Å². The highest BCUT2D eigenvalue weighted by atomic mass is 16.2. The lowest BCUT2D eigenvalue weighted by molar-refractivity contribution is -0.118. The zero-order valence-corrected chi connectivity index (χ0v) is 12.0. The van der Waals surface area contributed by atoms with Crippen LogP contribution in [-0.4, -0.2) is 17.0 Å². The van der Waals surface area contributed by atoms with Gasteiger partial charge in [-0.25, -0.2) is 0 Å². The van der Waals surface area contributed by atoms with Crippen molar-refractivity contribution in [1.29, 1.82) is 0 Å². The maximum absolute atomic E-state index is 12.3. The Kier molecular flexibility index (Phi) is 4.77. The molecule has 5 nitrogen and oxygen atoms in total. The quantitative estimate of drug-likeness (QED) is 0.839. The number of nitrogens with one attached hydrogen (secondary N) is 1. The molecule has 1 aromatic carbocycles. The lowest BCUT2D eigenvalue weighted by atomic mass is 10.1. The number of aryl methyl sites for hydroxylation is 1. The average Bonchev–Trinajstić information content (AvgIpc) is 2.47. The molecule has 2 rings (SSSR count). The van der Waals surface area contributed by atoms with Gasteiger partial charge in [0.1, 0.15) is 12.2 Å². The first-order valence-electron chi connectivity index (χ1n) is 6.84. The maximum atomic E-state index is 12.3. The SMILES string of the molecule is Cc1ccc(NCCc2ccccc2)c(=O)n1CC(N)=O. The summed E-state index contributed by atoms with van der Waals surface area (Å²) in [4.78, 5) is 23.3. The Bertz CT molecular complexity index is 678. The topological polar surface area (TPSA) is 77.1 Å². The van der Waals surface area contributed by atoms with Gasteiger partial charge in [-0.15, -0.1) is 0 Å². The van der Waals surface area contributed by atoms with Gasteiger partial charge in [0.05, 0.1) is 0 Å². The molecule has 0 aliphatic carbocycles. The molecule has 0 aliphatic heterocycles. The van der Waals surface area contributed by atoms with Gasteiger partial charge >= 0.3 is 0 Å². The number of carbonyl (C=O) groups is 1. The van der Waals surface area contributed by atoms with Crippen molar-refractivity contribution >= 4 is 11.6 Å². The number of benzene rings is 1. The Balaban J connectivity index is 2.07. The number of rotatable bonds is 6. The van der Waals surface area contributed by atoms with Crippen LogP contribution in [0.2, 0.25) is 0 Å². The first kappa shape index (κ1) is 14.8. The number of nitrogens with zero attached hydrogens (tertiary/aromatic N) is 1. The van der Waals surface area contributed by atoms with E-state index >= 15 is 0 Å². The summed E-state index contributed by atoms with van der Waals surface area (Å²) < 4.78 is 1.38. The number of primary amides is 1. The van der Waals surface area contributed by atoms with Crippen LogP contribution in [0.5, 0.6) is 0 Å². The molecule has 1 amide bonds. The molecule has 0 saturated carbocycles. The molecule has 5 heteroatoms. The molecule has 110 valence electrons. The highest BCUT2D eigenvalue weighted by Crippen LogP contribution is 2.05. The molecule has 21 heavy (non-hydrogen) atoms. The van der Waals surface area contributed by atoms with Gasteiger partial charge in [0.15, 0.2) is 0 Å². The van der Waals surface area contributed by atoms with Crippen molar-refractivity contribution in [3.05, 3.63) is 64.1 Å². The van der Waals surface area contributed by atoms with E-state index < -0.39 is 5.91 Å². The van der Waals surface area contributed by atoms with Crippen molar-refractivity contribution in [2.45, 2.75) is 19.9 Å². The van der Waals surface area contributed by atoms with E-state index in [-0.39, 0.29) is 12.1 Å². The minimum Gasteiger partial charge on any atom is -0.380 e. The highest BCUT2D eigenvalue weighted by molar-refractivity contribution is 5.73. The van der Waals surface area contributed by atoms with Crippen molar-refractivity contribution in [3.8, 4) is 0 Å². The highest BCUT2D eigenvalue weighted by Gasteiger charge is 2.08. The average molecular weight is 285 g/mol. The fourth-order valence-corrected chi connectivity index (χ4v) is 2.14. The van der Waals surface area contributed by atoms with Crippen LogP contribution in [0.1, 0.15) is 11.3 Å². The molecule has 0 aliphatic rings. The Morgan fingerprint density at radius 3 is 2.57 bits per heavy atom. The number of carbonyl (C=O) groups excluding carboxylic acids is 1. The summed E-state index contributed by atoms with van der Waals surface area (Å²) in [7, 11) is 0. The first-order chi connectivity index (χ1) is 10.1.